The van der Waals surface area contributed by atoms with E-state index in [0.29, 0.717) is 0 Å². The van der Waals surface area contributed by atoms with Crippen LogP contribution in [0.3, 0.4) is 0 Å². The summed E-state index contributed by atoms with van der Waals surface area (Å²) in [5.41, 5.74) is 0. The lowest BCUT2D eigenvalue weighted by atomic mass is 10.4. The molecule has 84 valence electrons. The van der Waals surface area contributed by atoms with Gasteiger partial charge in [-0.3, -0.25) is 4.79 Å². The fraction of sp³-hybridized carbons (Fsp3) is 0.727. The van der Waals surface area contributed by atoms with Crippen LogP contribution in [0.15, 0.2) is 11.8 Å². The molecule has 0 aliphatic carbocycles. The molecule has 14 heavy (non-hydrogen) atoms. The molecule has 0 spiro atoms. The average molecular weight is 201 g/mol. The van der Waals surface area contributed by atoms with E-state index in [0.717, 1.165) is 0 Å². The summed E-state index contributed by atoms with van der Waals surface area (Å²) in [6.07, 6.45) is 1.17. The molecular weight excluding hydrogens is 178 g/mol. The number of aliphatic hydroxyl groups is 1. The Kier molecular flexibility index (Phi) is 11.4. The maximum Gasteiger partial charge on any atom is 0.155 e. The summed E-state index contributed by atoms with van der Waals surface area (Å²) in [6.45, 7) is 13.0. The zero-order valence-corrected chi connectivity index (χ0v) is 10.0. The molecule has 0 fully saturated rings. The van der Waals surface area contributed by atoms with E-state index in [1.807, 2.05) is 0 Å². The molecule has 0 rings (SSSR count). The highest BCUT2D eigenvalue weighted by atomic mass is 16.3. The van der Waals surface area contributed by atoms with Crippen LogP contribution in [-0.4, -0.2) is 35.4 Å². The third-order valence-corrected chi connectivity index (χ3v) is 1.75. The van der Waals surface area contributed by atoms with Gasteiger partial charge in [-0.25, -0.2) is 0 Å². The van der Waals surface area contributed by atoms with E-state index in [1.54, 1.807) is 0 Å². The number of hydrogen-bond donors (Lipinski definition) is 1. The van der Waals surface area contributed by atoms with Crippen LogP contribution in [-0.2, 0) is 4.79 Å². The topological polar surface area (TPSA) is 40.5 Å². The first kappa shape index (κ1) is 15.6. The molecule has 0 bridgehead atoms. The van der Waals surface area contributed by atoms with Gasteiger partial charge in [-0.05, 0) is 33.5 Å². The summed E-state index contributed by atoms with van der Waals surface area (Å²) in [7, 11) is 0. The van der Waals surface area contributed by atoms with E-state index in [-0.39, 0.29) is 11.5 Å². The van der Waals surface area contributed by atoms with Gasteiger partial charge in [0.05, 0.1) is 5.76 Å². The Morgan fingerprint density at radius 1 is 1.14 bits per heavy atom. The molecule has 0 saturated heterocycles. The van der Waals surface area contributed by atoms with Gasteiger partial charge in [0, 0.05) is 6.08 Å². The molecular formula is C11H23NO2. The number of allylic oxidation sites excluding steroid dienone is 2. The molecule has 1 N–H and O–H groups in total. The van der Waals surface area contributed by atoms with Gasteiger partial charge < -0.3 is 10.0 Å². The molecule has 3 heteroatoms. The quantitative estimate of drug-likeness (QED) is 0.561. The largest absolute Gasteiger partial charge is 0.512 e. The van der Waals surface area contributed by atoms with Crippen molar-refractivity contribution in [1.82, 2.24) is 4.90 Å². The number of ketones is 1. The maximum absolute atomic E-state index is 10.0. The molecule has 0 amide bonds. The second kappa shape index (κ2) is 10.3. The Morgan fingerprint density at radius 2 is 1.50 bits per heavy atom. The molecule has 0 heterocycles. The van der Waals surface area contributed by atoms with Crippen molar-refractivity contribution in [3.63, 3.8) is 0 Å². The van der Waals surface area contributed by atoms with Gasteiger partial charge in [0.15, 0.2) is 5.78 Å². The van der Waals surface area contributed by atoms with Gasteiger partial charge in [0.2, 0.25) is 0 Å². The maximum atomic E-state index is 10.0. The van der Waals surface area contributed by atoms with Crippen LogP contribution in [0.5, 0.6) is 0 Å². The second-order valence-electron chi connectivity index (χ2n) is 3.02. The Labute approximate surface area is 87.4 Å². The first-order valence-electron chi connectivity index (χ1n) is 5.08. The zero-order chi connectivity index (χ0) is 11.6. The zero-order valence-electron chi connectivity index (χ0n) is 10.0. The van der Waals surface area contributed by atoms with Crippen molar-refractivity contribution >= 4 is 5.78 Å². The Bertz CT molecular complexity index is 163. The van der Waals surface area contributed by atoms with Gasteiger partial charge in [-0.1, -0.05) is 20.8 Å². The van der Waals surface area contributed by atoms with E-state index in [1.165, 1.54) is 39.6 Å². The average Bonchev–Trinajstić information content (AvgIpc) is 2.06. The predicted octanol–water partition coefficient (Wildman–Crippen LogP) is 2.39. The number of rotatable bonds is 4. The molecule has 0 aromatic rings. The van der Waals surface area contributed by atoms with Crippen LogP contribution in [0.2, 0.25) is 0 Å². The first-order chi connectivity index (χ1) is 6.47. The molecule has 0 radical (unpaired) electrons. The van der Waals surface area contributed by atoms with Crippen molar-refractivity contribution in [2.24, 2.45) is 0 Å². The predicted molar refractivity (Wildman–Crippen MR) is 60.5 cm³/mol. The minimum absolute atomic E-state index is 0.0625. The summed E-state index contributed by atoms with van der Waals surface area (Å²) >= 11 is 0. The van der Waals surface area contributed by atoms with Crippen molar-refractivity contribution in [2.45, 2.75) is 34.6 Å². The molecule has 0 aromatic carbocycles. The van der Waals surface area contributed by atoms with Crippen LogP contribution in [0.25, 0.3) is 0 Å². The summed E-state index contributed by atoms with van der Waals surface area (Å²) in [4.78, 5) is 12.4. The summed E-state index contributed by atoms with van der Waals surface area (Å²) in [5, 5.41) is 8.36. The third kappa shape index (κ3) is 13.7. The lowest BCUT2D eigenvalue weighted by molar-refractivity contribution is -0.112. The van der Waals surface area contributed by atoms with Gasteiger partial charge >= 0.3 is 0 Å². The number of hydrogen-bond acceptors (Lipinski definition) is 3. The number of carbonyl (C=O) groups is 1. The number of aliphatic hydroxyl groups excluding tert-OH is 1. The van der Waals surface area contributed by atoms with Crippen LogP contribution in [0.1, 0.15) is 34.6 Å². The van der Waals surface area contributed by atoms with Crippen LogP contribution >= 0.6 is 0 Å². The minimum atomic E-state index is -0.125. The minimum Gasteiger partial charge on any atom is -0.512 e. The van der Waals surface area contributed by atoms with Gasteiger partial charge in [0.25, 0.3) is 0 Å². The fourth-order valence-corrected chi connectivity index (χ4v) is 0.965. The molecule has 0 aliphatic heterocycles. The van der Waals surface area contributed by atoms with Crippen LogP contribution < -0.4 is 0 Å². The van der Waals surface area contributed by atoms with Crippen molar-refractivity contribution < 1.29 is 9.90 Å². The van der Waals surface area contributed by atoms with E-state index in [2.05, 4.69) is 25.7 Å². The summed E-state index contributed by atoms with van der Waals surface area (Å²) in [5.74, 6) is -0.0625. The van der Waals surface area contributed by atoms with Gasteiger partial charge in [-0.2, -0.15) is 0 Å². The Hall–Kier alpha value is -0.830. The monoisotopic (exact) mass is 201 g/mol. The summed E-state index contributed by atoms with van der Waals surface area (Å²) in [6, 6.07) is 0. The standard InChI is InChI=1S/C6H15N.C5H8O2/c1-4-7(5-2)6-3;1-4(6)3-5(2)7/h4-6H2,1-3H3;3,6H,1-2H3. The number of carbonyl (C=O) groups excluding carboxylic acids is 1. The molecule has 3 nitrogen and oxygen atoms in total. The van der Waals surface area contributed by atoms with E-state index >= 15 is 0 Å². The summed E-state index contributed by atoms with van der Waals surface area (Å²) < 4.78 is 0. The number of nitrogens with zero attached hydrogens (tertiary/aromatic N) is 1. The van der Waals surface area contributed by atoms with Crippen LogP contribution in [0.4, 0.5) is 0 Å². The van der Waals surface area contributed by atoms with Crippen molar-refractivity contribution in [3.8, 4) is 0 Å². The molecule has 0 aliphatic rings. The Morgan fingerprint density at radius 3 is 1.50 bits per heavy atom. The van der Waals surface area contributed by atoms with Gasteiger partial charge in [-0.15, -0.1) is 0 Å². The van der Waals surface area contributed by atoms with Crippen molar-refractivity contribution in [1.29, 1.82) is 0 Å². The molecule has 0 atom stereocenters. The van der Waals surface area contributed by atoms with E-state index in [4.69, 9.17) is 5.11 Å². The molecule has 0 aromatic heterocycles. The van der Waals surface area contributed by atoms with E-state index < -0.39 is 0 Å². The molecule has 0 unspecified atom stereocenters. The highest BCUT2D eigenvalue weighted by Crippen LogP contribution is 1.82. The highest BCUT2D eigenvalue weighted by molar-refractivity contribution is 5.87. The highest BCUT2D eigenvalue weighted by Gasteiger charge is 1.89. The Balaban J connectivity index is 0. The lowest BCUT2D eigenvalue weighted by Gasteiger charge is -2.13. The smallest absolute Gasteiger partial charge is 0.155 e. The van der Waals surface area contributed by atoms with Crippen molar-refractivity contribution in [3.05, 3.63) is 11.8 Å². The van der Waals surface area contributed by atoms with Gasteiger partial charge in [0.1, 0.15) is 0 Å². The SMILES string of the molecule is CC(=O)C=C(C)O.CCN(CC)CC. The van der Waals surface area contributed by atoms with Crippen molar-refractivity contribution in [2.75, 3.05) is 19.6 Å². The molecule has 0 saturated carbocycles. The van der Waals surface area contributed by atoms with Crippen LogP contribution in [0, 0.1) is 0 Å². The fourth-order valence-electron chi connectivity index (χ4n) is 0.965. The second-order valence-corrected chi connectivity index (χ2v) is 3.02. The first-order valence-corrected chi connectivity index (χ1v) is 5.08. The normalized spacial score (nSPS) is 10.9. The third-order valence-electron chi connectivity index (χ3n) is 1.75. The lowest BCUT2D eigenvalue weighted by Crippen LogP contribution is -2.21. The van der Waals surface area contributed by atoms with E-state index in [9.17, 15) is 4.79 Å².